The van der Waals surface area contributed by atoms with Crippen LogP contribution >= 0.6 is 34.2 Å². The summed E-state index contributed by atoms with van der Waals surface area (Å²) < 4.78 is 1.06. The van der Waals surface area contributed by atoms with Crippen molar-refractivity contribution >= 4 is 45.1 Å². The van der Waals surface area contributed by atoms with Crippen LogP contribution in [0.2, 0.25) is 5.02 Å². The topological polar surface area (TPSA) is 12.9 Å². The molecule has 0 unspecified atom stereocenters. The van der Waals surface area contributed by atoms with Crippen LogP contribution in [0.4, 0.5) is 0 Å². The van der Waals surface area contributed by atoms with Crippen molar-refractivity contribution in [1.82, 2.24) is 4.98 Å². The molecule has 1 nitrogen and oxygen atoms in total. The molecular formula is C9H5ClIN. The fourth-order valence-electron chi connectivity index (χ4n) is 1.09. The summed E-state index contributed by atoms with van der Waals surface area (Å²) in [5, 5.41) is 1.81. The number of pyridine rings is 1. The smallest absolute Gasteiger partial charge is 0.0717 e. The van der Waals surface area contributed by atoms with Gasteiger partial charge in [0.2, 0.25) is 0 Å². The van der Waals surface area contributed by atoms with Crippen molar-refractivity contribution in [3.05, 3.63) is 39.1 Å². The van der Waals surface area contributed by atoms with Crippen LogP contribution in [0, 0.1) is 3.57 Å². The van der Waals surface area contributed by atoms with Crippen LogP contribution in [0.5, 0.6) is 0 Å². The molecule has 0 aliphatic carbocycles. The highest BCUT2D eigenvalue weighted by Crippen LogP contribution is 2.26. The van der Waals surface area contributed by atoms with E-state index in [1.54, 1.807) is 6.20 Å². The minimum Gasteiger partial charge on any atom is -0.256 e. The summed E-state index contributed by atoms with van der Waals surface area (Å²) in [4.78, 5) is 4.20. The molecule has 1 aromatic heterocycles. The zero-order chi connectivity index (χ0) is 8.55. The summed E-state index contributed by atoms with van der Waals surface area (Å²) in [6, 6.07) is 7.82. The van der Waals surface area contributed by atoms with Gasteiger partial charge in [0, 0.05) is 15.2 Å². The van der Waals surface area contributed by atoms with E-state index in [1.807, 2.05) is 24.3 Å². The number of fused-ring (bicyclic) bond motifs is 1. The Balaban J connectivity index is 2.91. The molecule has 2 aromatic rings. The van der Waals surface area contributed by atoms with Gasteiger partial charge in [0.25, 0.3) is 0 Å². The van der Waals surface area contributed by atoms with Gasteiger partial charge in [0.15, 0.2) is 0 Å². The molecule has 0 bridgehead atoms. The number of rotatable bonds is 0. The minimum absolute atomic E-state index is 0.793. The fourth-order valence-corrected chi connectivity index (χ4v) is 1.78. The maximum Gasteiger partial charge on any atom is 0.0717 e. The van der Waals surface area contributed by atoms with E-state index in [0.717, 1.165) is 19.5 Å². The number of hydrogen-bond donors (Lipinski definition) is 0. The molecule has 0 radical (unpaired) electrons. The van der Waals surface area contributed by atoms with Crippen LogP contribution in [0.15, 0.2) is 30.5 Å². The normalized spacial score (nSPS) is 10.5. The lowest BCUT2D eigenvalue weighted by molar-refractivity contribution is 1.41. The number of aromatic nitrogens is 1. The molecule has 0 saturated carbocycles. The first-order chi connectivity index (χ1) is 5.79. The van der Waals surface area contributed by atoms with Crippen molar-refractivity contribution in [1.29, 1.82) is 0 Å². The second-order valence-electron chi connectivity index (χ2n) is 2.43. The molecule has 1 aromatic carbocycles. The Bertz CT molecular complexity index is 428. The van der Waals surface area contributed by atoms with Gasteiger partial charge in [-0.2, -0.15) is 0 Å². The van der Waals surface area contributed by atoms with E-state index < -0.39 is 0 Å². The molecule has 2 rings (SSSR count). The van der Waals surface area contributed by atoms with Crippen LogP contribution in [-0.4, -0.2) is 4.98 Å². The Morgan fingerprint density at radius 2 is 2.08 bits per heavy atom. The average molecular weight is 290 g/mol. The van der Waals surface area contributed by atoms with Crippen LogP contribution in [-0.2, 0) is 0 Å². The largest absolute Gasteiger partial charge is 0.256 e. The number of nitrogens with zero attached hydrogens (tertiary/aromatic N) is 1. The Morgan fingerprint density at radius 1 is 1.25 bits per heavy atom. The highest BCUT2D eigenvalue weighted by molar-refractivity contribution is 14.1. The lowest BCUT2D eigenvalue weighted by atomic mass is 10.2. The highest BCUT2D eigenvalue weighted by Gasteiger charge is 2.01. The van der Waals surface area contributed by atoms with Gasteiger partial charge in [-0.3, -0.25) is 4.98 Å². The molecule has 0 atom stereocenters. The first kappa shape index (κ1) is 8.26. The van der Waals surface area contributed by atoms with E-state index in [1.165, 1.54) is 0 Å². The summed E-state index contributed by atoms with van der Waals surface area (Å²) in [5.41, 5.74) is 0.947. The number of hydrogen-bond acceptors (Lipinski definition) is 1. The van der Waals surface area contributed by atoms with Gasteiger partial charge in [-0.15, -0.1) is 0 Å². The van der Waals surface area contributed by atoms with Crippen molar-refractivity contribution in [3.8, 4) is 0 Å². The van der Waals surface area contributed by atoms with Gasteiger partial charge in [-0.05, 0) is 46.9 Å². The van der Waals surface area contributed by atoms with Gasteiger partial charge in [0.05, 0.1) is 10.5 Å². The summed E-state index contributed by atoms with van der Waals surface area (Å²) in [6.07, 6.45) is 1.77. The van der Waals surface area contributed by atoms with Crippen LogP contribution in [0.1, 0.15) is 0 Å². The maximum absolute atomic E-state index is 6.08. The van der Waals surface area contributed by atoms with E-state index in [4.69, 9.17) is 11.6 Å². The van der Waals surface area contributed by atoms with Gasteiger partial charge in [-0.25, -0.2) is 0 Å². The minimum atomic E-state index is 0.793. The Morgan fingerprint density at radius 3 is 2.92 bits per heavy atom. The van der Waals surface area contributed by atoms with Crippen molar-refractivity contribution in [3.63, 3.8) is 0 Å². The van der Waals surface area contributed by atoms with Crippen molar-refractivity contribution in [2.75, 3.05) is 0 Å². The molecule has 3 heteroatoms. The fraction of sp³-hybridized carbons (Fsp3) is 0. The van der Waals surface area contributed by atoms with Gasteiger partial charge in [0.1, 0.15) is 0 Å². The first-order valence-electron chi connectivity index (χ1n) is 3.48. The lowest BCUT2D eigenvalue weighted by Crippen LogP contribution is -1.80. The first-order valence-corrected chi connectivity index (χ1v) is 4.93. The van der Waals surface area contributed by atoms with Crippen LogP contribution < -0.4 is 0 Å². The van der Waals surface area contributed by atoms with Crippen LogP contribution in [0.3, 0.4) is 0 Å². The van der Waals surface area contributed by atoms with E-state index in [2.05, 4.69) is 27.6 Å². The lowest BCUT2D eigenvalue weighted by Gasteiger charge is -2.00. The maximum atomic E-state index is 6.08. The summed E-state index contributed by atoms with van der Waals surface area (Å²) in [6.45, 7) is 0. The molecule has 0 aliphatic heterocycles. The standard InChI is InChI=1S/C9H5ClIN/c10-9-6-2-1-5-12-8(6)4-3-7(9)11/h1-5H. The van der Waals surface area contributed by atoms with E-state index >= 15 is 0 Å². The van der Waals surface area contributed by atoms with E-state index in [9.17, 15) is 0 Å². The van der Waals surface area contributed by atoms with Crippen molar-refractivity contribution < 1.29 is 0 Å². The molecule has 0 fully saturated rings. The molecule has 0 amide bonds. The summed E-state index contributed by atoms with van der Waals surface area (Å²) >= 11 is 8.29. The zero-order valence-corrected chi connectivity index (χ0v) is 9.00. The predicted molar refractivity (Wildman–Crippen MR) is 59.5 cm³/mol. The Hall–Kier alpha value is -0.350. The van der Waals surface area contributed by atoms with E-state index in [0.29, 0.717) is 0 Å². The van der Waals surface area contributed by atoms with Crippen LogP contribution in [0.25, 0.3) is 10.9 Å². The molecule has 0 saturated heterocycles. The second-order valence-corrected chi connectivity index (χ2v) is 3.97. The quantitative estimate of drug-likeness (QED) is 0.677. The van der Waals surface area contributed by atoms with Gasteiger partial charge < -0.3 is 0 Å². The third-order valence-corrected chi connectivity index (χ3v) is 3.30. The Labute approximate surface area is 88.9 Å². The van der Waals surface area contributed by atoms with E-state index in [-0.39, 0.29) is 0 Å². The molecule has 60 valence electrons. The third-order valence-electron chi connectivity index (χ3n) is 1.67. The SMILES string of the molecule is Clc1c(I)ccc2ncccc12. The van der Waals surface area contributed by atoms with Gasteiger partial charge in [-0.1, -0.05) is 11.6 Å². The highest BCUT2D eigenvalue weighted by atomic mass is 127. The summed E-state index contributed by atoms with van der Waals surface area (Å²) in [5.74, 6) is 0. The average Bonchev–Trinajstić information content (AvgIpc) is 2.12. The monoisotopic (exact) mass is 289 g/mol. The molecule has 0 aliphatic rings. The molecule has 0 spiro atoms. The summed E-state index contributed by atoms with van der Waals surface area (Å²) in [7, 11) is 0. The van der Waals surface area contributed by atoms with Crippen molar-refractivity contribution in [2.45, 2.75) is 0 Å². The van der Waals surface area contributed by atoms with Crippen molar-refractivity contribution in [2.24, 2.45) is 0 Å². The molecule has 1 heterocycles. The van der Waals surface area contributed by atoms with Gasteiger partial charge >= 0.3 is 0 Å². The number of benzene rings is 1. The molecular weight excluding hydrogens is 284 g/mol. The third kappa shape index (κ3) is 1.29. The second kappa shape index (κ2) is 3.18. The predicted octanol–water partition coefficient (Wildman–Crippen LogP) is 3.49. The number of halogens is 2. The Kier molecular flexibility index (Phi) is 2.19. The molecule has 12 heavy (non-hydrogen) atoms. The molecule has 0 N–H and O–H groups in total. The zero-order valence-electron chi connectivity index (χ0n) is 6.09.